The minimum atomic E-state index is -1.81. The van der Waals surface area contributed by atoms with Crippen LogP contribution < -0.4 is 19.3 Å². The summed E-state index contributed by atoms with van der Waals surface area (Å²) in [5.41, 5.74) is 0.327. The molecule has 36 heavy (non-hydrogen) atoms. The first-order chi connectivity index (χ1) is 17.5. The van der Waals surface area contributed by atoms with E-state index in [9.17, 15) is 14.9 Å². The van der Waals surface area contributed by atoms with Crippen LogP contribution in [0.25, 0.3) is 0 Å². The molecular formula is C28H27N3O5. The van der Waals surface area contributed by atoms with Gasteiger partial charge in [-0.25, -0.2) is 4.79 Å². The Morgan fingerprint density at radius 1 is 0.889 bits per heavy atom. The number of ether oxygens (including phenoxy) is 3. The van der Waals surface area contributed by atoms with Crippen LogP contribution in [0.1, 0.15) is 18.1 Å². The summed E-state index contributed by atoms with van der Waals surface area (Å²) in [4.78, 5) is 31.7. The van der Waals surface area contributed by atoms with Crippen LogP contribution in [0, 0.1) is 11.3 Å². The minimum Gasteiger partial charge on any atom is -0.497 e. The van der Waals surface area contributed by atoms with E-state index in [2.05, 4.69) is 6.07 Å². The predicted octanol–water partition coefficient (Wildman–Crippen LogP) is 3.89. The quantitative estimate of drug-likeness (QED) is 0.370. The van der Waals surface area contributed by atoms with E-state index in [4.69, 9.17) is 14.2 Å². The molecule has 1 saturated heterocycles. The monoisotopic (exact) mass is 485 g/mol. The SMILES string of the molecule is CCOC(=O)C1(c2ccc(C#N)cc2)C(=O)N(c2ccc(OC)cc2)CCN1c1ccc(OC)cc1. The molecule has 0 N–H and O–H groups in total. The van der Waals surface area contributed by atoms with E-state index in [1.165, 1.54) is 0 Å². The third-order valence-corrected chi connectivity index (χ3v) is 6.28. The van der Waals surface area contributed by atoms with Crippen LogP contribution in [0.5, 0.6) is 11.5 Å². The van der Waals surface area contributed by atoms with E-state index in [0.29, 0.717) is 47.1 Å². The zero-order valence-electron chi connectivity index (χ0n) is 20.4. The average molecular weight is 486 g/mol. The zero-order chi connectivity index (χ0) is 25.7. The Bertz CT molecular complexity index is 1270. The molecule has 0 aromatic heterocycles. The highest BCUT2D eigenvalue weighted by Crippen LogP contribution is 2.41. The van der Waals surface area contributed by atoms with Crippen LogP contribution in [0.3, 0.4) is 0 Å². The van der Waals surface area contributed by atoms with Crippen molar-refractivity contribution >= 4 is 23.3 Å². The second kappa shape index (κ2) is 10.4. The number of piperazine rings is 1. The van der Waals surface area contributed by atoms with Crippen molar-refractivity contribution in [3.8, 4) is 17.6 Å². The molecule has 1 aliphatic heterocycles. The van der Waals surface area contributed by atoms with Gasteiger partial charge in [-0.2, -0.15) is 5.26 Å². The summed E-state index contributed by atoms with van der Waals surface area (Å²) in [5, 5.41) is 9.31. The Morgan fingerprint density at radius 2 is 1.44 bits per heavy atom. The van der Waals surface area contributed by atoms with Crippen LogP contribution in [0.2, 0.25) is 0 Å². The normalized spacial score (nSPS) is 17.3. The summed E-state index contributed by atoms with van der Waals surface area (Å²) in [6, 6.07) is 22.9. The lowest BCUT2D eigenvalue weighted by molar-refractivity contribution is -0.154. The molecule has 4 rings (SSSR count). The van der Waals surface area contributed by atoms with Crippen molar-refractivity contribution in [2.24, 2.45) is 0 Å². The number of carbonyl (C=O) groups is 2. The Kier molecular flexibility index (Phi) is 7.11. The summed E-state index contributed by atoms with van der Waals surface area (Å²) in [6.45, 7) is 2.50. The lowest BCUT2D eigenvalue weighted by atomic mass is 9.83. The molecule has 0 saturated carbocycles. The van der Waals surface area contributed by atoms with Gasteiger partial charge >= 0.3 is 5.97 Å². The number of nitrogens with zero attached hydrogens (tertiary/aromatic N) is 3. The highest BCUT2D eigenvalue weighted by Gasteiger charge is 2.58. The largest absolute Gasteiger partial charge is 0.497 e. The highest BCUT2D eigenvalue weighted by molar-refractivity contribution is 6.18. The number of carbonyl (C=O) groups excluding carboxylic acids is 2. The first-order valence-electron chi connectivity index (χ1n) is 11.5. The van der Waals surface area contributed by atoms with E-state index < -0.39 is 17.4 Å². The van der Waals surface area contributed by atoms with E-state index in [1.807, 2.05) is 12.1 Å². The van der Waals surface area contributed by atoms with E-state index >= 15 is 0 Å². The van der Waals surface area contributed by atoms with Gasteiger partial charge in [-0.15, -0.1) is 0 Å². The van der Waals surface area contributed by atoms with Gasteiger partial charge in [-0.3, -0.25) is 4.79 Å². The lowest BCUT2D eigenvalue weighted by Gasteiger charge is -2.49. The molecule has 1 unspecified atom stereocenters. The van der Waals surface area contributed by atoms with E-state index in [1.54, 1.807) is 91.6 Å². The van der Waals surface area contributed by atoms with Gasteiger partial charge in [0.2, 0.25) is 5.54 Å². The predicted molar refractivity (Wildman–Crippen MR) is 135 cm³/mol. The molecule has 0 spiro atoms. The molecule has 1 heterocycles. The topological polar surface area (TPSA) is 92.1 Å². The molecule has 0 radical (unpaired) electrons. The van der Waals surface area contributed by atoms with Gasteiger partial charge in [-0.05, 0) is 73.2 Å². The second-order valence-electron chi connectivity index (χ2n) is 8.12. The van der Waals surface area contributed by atoms with Gasteiger partial charge in [0.1, 0.15) is 11.5 Å². The summed E-state index contributed by atoms with van der Waals surface area (Å²) < 4.78 is 16.1. The fraction of sp³-hybridized carbons (Fsp3) is 0.250. The van der Waals surface area contributed by atoms with Gasteiger partial charge in [0.05, 0.1) is 32.5 Å². The van der Waals surface area contributed by atoms with Crippen molar-refractivity contribution in [3.05, 3.63) is 83.9 Å². The Balaban J connectivity index is 1.92. The highest BCUT2D eigenvalue weighted by atomic mass is 16.5. The van der Waals surface area contributed by atoms with Crippen LogP contribution in [0.15, 0.2) is 72.8 Å². The van der Waals surface area contributed by atoms with E-state index in [-0.39, 0.29) is 6.61 Å². The third kappa shape index (κ3) is 4.20. The number of benzene rings is 3. The van der Waals surface area contributed by atoms with Crippen LogP contribution in [-0.4, -0.2) is 45.8 Å². The summed E-state index contributed by atoms with van der Waals surface area (Å²) in [6.07, 6.45) is 0. The fourth-order valence-electron chi connectivity index (χ4n) is 4.49. The Labute approximate surface area is 210 Å². The number of hydrogen-bond donors (Lipinski definition) is 0. The third-order valence-electron chi connectivity index (χ3n) is 6.28. The lowest BCUT2D eigenvalue weighted by Crippen LogP contribution is -2.68. The molecular weight excluding hydrogens is 458 g/mol. The van der Waals surface area contributed by atoms with Gasteiger partial charge < -0.3 is 24.0 Å². The molecule has 8 heteroatoms. The Morgan fingerprint density at radius 3 is 1.94 bits per heavy atom. The first kappa shape index (κ1) is 24.6. The smallest absolute Gasteiger partial charge is 0.346 e. The van der Waals surface area contributed by atoms with Gasteiger partial charge in [0, 0.05) is 24.5 Å². The molecule has 3 aromatic carbocycles. The molecule has 0 aliphatic carbocycles. The van der Waals surface area contributed by atoms with Crippen molar-refractivity contribution in [1.82, 2.24) is 0 Å². The maximum Gasteiger partial charge on any atom is 0.346 e. The van der Waals surface area contributed by atoms with Crippen molar-refractivity contribution < 1.29 is 23.8 Å². The maximum atomic E-state index is 14.4. The van der Waals surface area contributed by atoms with Crippen molar-refractivity contribution in [1.29, 1.82) is 5.26 Å². The second-order valence-corrected chi connectivity index (χ2v) is 8.12. The number of amides is 1. The van der Waals surface area contributed by atoms with Crippen molar-refractivity contribution in [3.63, 3.8) is 0 Å². The summed E-state index contributed by atoms with van der Waals surface area (Å²) in [7, 11) is 3.15. The zero-order valence-corrected chi connectivity index (χ0v) is 20.4. The van der Waals surface area contributed by atoms with Gasteiger partial charge in [0.25, 0.3) is 5.91 Å². The van der Waals surface area contributed by atoms with Crippen LogP contribution >= 0.6 is 0 Å². The number of rotatable bonds is 7. The molecule has 1 aliphatic rings. The standard InChI is InChI=1S/C28H27N3O5/c1-4-36-27(33)28(21-7-5-20(19-29)6-8-21)26(32)30(22-9-13-24(34-2)14-10-22)17-18-31(28)23-11-15-25(35-3)16-12-23/h5-16H,4,17-18H2,1-3H3. The molecule has 1 fully saturated rings. The molecule has 1 amide bonds. The molecule has 3 aromatic rings. The van der Waals surface area contributed by atoms with Crippen LogP contribution in [0.4, 0.5) is 11.4 Å². The number of anilines is 2. The molecule has 0 bridgehead atoms. The number of esters is 1. The maximum absolute atomic E-state index is 14.4. The molecule has 8 nitrogen and oxygen atoms in total. The summed E-state index contributed by atoms with van der Waals surface area (Å²) in [5.74, 6) is 0.181. The van der Waals surface area contributed by atoms with Gasteiger partial charge in [-0.1, -0.05) is 12.1 Å². The molecule has 184 valence electrons. The molecule has 1 atom stereocenters. The van der Waals surface area contributed by atoms with Crippen LogP contribution in [-0.2, 0) is 19.9 Å². The summed E-state index contributed by atoms with van der Waals surface area (Å²) >= 11 is 0. The number of hydrogen-bond acceptors (Lipinski definition) is 7. The van der Waals surface area contributed by atoms with E-state index in [0.717, 1.165) is 0 Å². The minimum absolute atomic E-state index is 0.100. The van der Waals surface area contributed by atoms with Crippen molar-refractivity contribution in [2.75, 3.05) is 43.7 Å². The fourth-order valence-corrected chi connectivity index (χ4v) is 4.49. The van der Waals surface area contributed by atoms with Crippen molar-refractivity contribution in [2.45, 2.75) is 12.5 Å². The first-order valence-corrected chi connectivity index (χ1v) is 11.5. The van der Waals surface area contributed by atoms with Gasteiger partial charge in [0.15, 0.2) is 0 Å². The Hall–Kier alpha value is -4.51. The number of nitriles is 1. The average Bonchev–Trinajstić information content (AvgIpc) is 2.93. The number of methoxy groups -OCH3 is 2.